The van der Waals surface area contributed by atoms with Crippen LogP contribution in [0.25, 0.3) is 0 Å². The van der Waals surface area contributed by atoms with Crippen LogP contribution in [0.4, 0.5) is 0 Å². The first kappa shape index (κ1) is 18.7. The topological polar surface area (TPSA) is 17.1 Å². The Morgan fingerprint density at radius 3 is 2.00 bits per heavy atom. The number of rotatable bonds is 7. The zero-order valence-corrected chi connectivity index (χ0v) is 16.1. The second-order valence-corrected chi connectivity index (χ2v) is 8.70. The molecular weight excluding hydrogens is 304 g/mol. The van der Waals surface area contributed by atoms with Gasteiger partial charge in [0.05, 0.1) is 0 Å². The Morgan fingerprint density at radius 1 is 0.840 bits per heavy atom. The molecule has 1 aromatic carbocycles. The van der Waals surface area contributed by atoms with E-state index < -0.39 is 0 Å². The van der Waals surface area contributed by atoms with Gasteiger partial charge in [0.2, 0.25) is 0 Å². The minimum atomic E-state index is 0.322. The SMILES string of the molecule is CCCC1CCC(CCc2ccc(C3CCC(C=O)CC3)cc2)CC1. The lowest BCUT2D eigenvalue weighted by Gasteiger charge is -2.28. The highest BCUT2D eigenvalue weighted by Crippen LogP contribution is 2.36. The van der Waals surface area contributed by atoms with Gasteiger partial charge in [-0.25, -0.2) is 0 Å². The summed E-state index contributed by atoms with van der Waals surface area (Å²) in [5.41, 5.74) is 3.01. The molecule has 0 saturated heterocycles. The normalized spacial score (nSPS) is 30.1. The Morgan fingerprint density at radius 2 is 1.44 bits per heavy atom. The quantitative estimate of drug-likeness (QED) is 0.505. The molecule has 0 bridgehead atoms. The Bertz CT molecular complexity index is 501. The molecule has 2 saturated carbocycles. The van der Waals surface area contributed by atoms with E-state index in [1.165, 1.54) is 75.3 Å². The molecule has 2 aliphatic rings. The summed E-state index contributed by atoms with van der Waals surface area (Å²) in [6.45, 7) is 2.32. The third-order valence-electron chi connectivity index (χ3n) is 6.92. The fraction of sp³-hybridized carbons (Fsp3) is 0.708. The molecule has 2 aliphatic carbocycles. The average Bonchev–Trinajstić information content (AvgIpc) is 2.68. The van der Waals surface area contributed by atoms with E-state index in [9.17, 15) is 4.79 Å². The van der Waals surface area contributed by atoms with Gasteiger partial charge in [-0.2, -0.15) is 0 Å². The standard InChI is InChI=1S/C24H36O/c1-2-3-19-4-6-20(7-5-19)8-9-21-10-14-23(15-11-21)24-16-12-22(18-25)13-17-24/h10-11,14-15,18-20,22,24H,2-9,12-13,16-17H2,1H3. The van der Waals surface area contributed by atoms with Crippen molar-refractivity contribution >= 4 is 6.29 Å². The second kappa shape index (κ2) is 9.55. The molecule has 0 unspecified atom stereocenters. The third-order valence-corrected chi connectivity index (χ3v) is 6.92. The van der Waals surface area contributed by atoms with Gasteiger partial charge in [-0.1, -0.05) is 69.7 Å². The van der Waals surface area contributed by atoms with Gasteiger partial charge in [0.1, 0.15) is 6.29 Å². The summed E-state index contributed by atoms with van der Waals surface area (Å²) in [5.74, 6) is 2.99. The van der Waals surface area contributed by atoms with Crippen LogP contribution in [-0.4, -0.2) is 6.29 Å². The van der Waals surface area contributed by atoms with Gasteiger partial charge in [0.25, 0.3) is 0 Å². The molecule has 0 atom stereocenters. The van der Waals surface area contributed by atoms with E-state index in [2.05, 4.69) is 31.2 Å². The van der Waals surface area contributed by atoms with Crippen molar-refractivity contribution in [2.45, 2.75) is 89.9 Å². The summed E-state index contributed by atoms with van der Waals surface area (Å²) in [6, 6.07) is 9.45. The Labute approximate surface area is 154 Å². The lowest BCUT2D eigenvalue weighted by Crippen LogP contribution is -2.15. The number of carbonyl (C=O) groups excluding carboxylic acids is 1. The van der Waals surface area contributed by atoms with Crippen LogP contribution in [-0.2, 0) is 11.2 Å². The highest BCUT2D eigenvalue weighted by Gasteiger charge is 2.22. The Balaban J connectivity index is 1.42. The summed E-state index contributed by atoms with van der Waals surface area (Å²) >= 11 is 0. The zero-order valence-electron chi connectivity index (χ0n) is 16.1. The van der Waals surface area contributed by atoms with E-state index in [-0.39, 0.29) is 0 Å². The van der Waals surface area contributed by atoms with Gasteiger partial charge in [-0.05, 0) is 67.4 Å². The van der Waals surface area contributed by atoms with E-state index in [0.29, 0.717) is 11.8 Å². The number of aldehydes is 1. The molecule has 1 nitrogen and oxygen atoms in total. The largest absolute Gasteiger partial charge is 0.303 e. The first-order chi connectivity index (χ1) is 12.3. The van der Waals surface area contributed by atoms with Crippen molar-refractivity contribution in [1.29, 1.82) is 0 Å². The highest BCUT2D eigenvalue weighted by atomic mass is 16.1. The lowest BCUT2D eigenvalue weighted by atomic mass is 9.77. The number of carbonyl (C=O) groups is 1. The number of hydrogen-bond donors (Lipinski definition) is 0. The van der Waals surface area contributed by atoms with Crippen LogP contribution in [0.15, 0.2) is 24.3 Å². The maximum atomic E-state index is 10.9. The van der Waals surface area contributed by atoms with E-state index in [1.807, 2.05) is 0 Å². The van der Waals surface area contributed by atoms with E-state index >= 15 is 0 Å². The molecule has 0 heterocycles. The van der Waals surface area contributed by atoms with Crippen LogP contribution < -0.4 is 0 Å². The smallest absolute Gasteiger partial charge is 0.123 e. The van der Waals surface area contributed by atoms with Gasteiger partial charge < -0.3 is 4.79 Å². The maximum absolute atomic E-state index is 10.9. The molecule has 0 amide bonds. The minimum Gasteiger partial charge on any atom is -0.303 e. The van der Waals surface area contributed by atoms with Crippen molar-refractivity contribution < 1.29 is 4.79 Å². The Hall–Kier alpha value is -1.11. The van der Waals surface area contributed by atoms with Gasteiger partial charge in [0.15, 0.2) is 0 Å². The molecule has 2 fully saturated rings. The van der Waals surface area contributed by atoms with Gasteiger partial charge in [0, 0.05) is 5.92 Å². The summed E-state index contributed by atoms with van der Waals surface area (Å²) in [6.07, 6.45) is 17.0. The Kier molecular flexibility index (Phi) is 7.13. The van der Waals surface area contributed by atoms with Crippen molar-refractivity contribution in [2.24, 2.45) is 17.8 Å². The molecule has 0 aromatic heterocycles. The number of benzene rings is 1. The van der Waals surface area contributed by atoms with E-state index in [1.54, 1.807) is 0 Å². The molecule has 1 heteroatoms. The molecule has 0 radical (unpaired) electrons. The molecular formula is C24H36O. The first-order valence-electron chi connectivity index (χ1n) is 10.8. The fourth-order valence-corrected chi connectivity index (χ4v) is 5.13. The molecule has 0 aliphatic heterocycles. The van der Waals surface area contributed by atoms with Crippen molar-refractivity contribution in [3.05, 3.63) is 35.4 Å². The zero-order chi connectivity index (χ0) is 17.5. The summed E-state index contributed by atoms with van der Waals surface area (Å²) in [4.78, 5) is 10.9. The predicted octanol–water partition coefficient (Wildman–Crippen LogP) is 6.70. The van der Waals surface area contributed by atoms with Gasteiger partial charge in [-0.3, -0.25) is 0 Å². The maximum Gasteiger partial charge on any atom is 0.123 e. The average molecular weight is 341 g/mol. The van der Waals surface area contributed by atoms with Crippen LogP contribution in [0.5, 0.6) is 0 Å². The van der Waals surface area contributed by atoms with Crippen molar-refractivity contribution in [2.75, 3.05) is 0 Å². The summed E-state index contributed by atoms with van der Waals surface area (Å²) < 4.78 is 0. The highest BCUT2D eigenvalue weighted by molar-refractivity contribution is 5.53. The van der Waals surface area contributed by atoms with Crippen molar-refractivity contribution in [3.8, 4) is 0 Å². The van der Waals surface area contributed by atoms with Crippen LogP contribution in [0, 0.1) is 17.8 Å². The van der Waals surface area contributed by atoms with Crippen LogP contribution in [0.3, 0.4) is 0 Å². The first-order valence-corrected chi connectivity index (χ1v) is 10.8. The van der Waals surface area contributed by atoms with E-state index in [0.717, 1.165) is 31.0 Å². The lowest BCUT2D eigenvalue weighted by molar-refractivity contribution is -0.111. The third kappa shape index (κ3) is 5.43. The minimum absolute atomic E-state index is 0.322. The molecule has 0 spiro atoms. The van der Waals surface area contributed by atoms with Crippen LogP contribution in [0.2, 0.25) is 0 Å². The predicted molar refractivity (Wildman–Crippen MR) is 106 cm³/mol. The van der Waals surface area contributed by atoms with E-state index in [4.69, 9.17) is 0 Å². The molecule has 25 heavy (non-hydrogen) atoms. The monoisotopic (exact) mass is 340 g/mol. The number of aryl methyl sites for hydroxylation is 1. The van der Waals surface area contributed by atoms with Crippen LogP contribution >= 0.6 is 0 Å². The van der Waals surface area contributed by atoms with Gasteiger partial charge in [-0.15, -0.1) is 0 Å². The molecule has 1 aromatic rings. The summed E-state index contributed by atoms with van der Waals surface area (Å²) in [5, 5.41) is 0. The molecule has 3 rings (SSSR count). The van der Waals surface area contributed by atoms with Crippen molar-refractivity contribution in [1.82, 2.24) is 0 Å². The molecule has 0 N–H and O–H groups in total. The number of hydrogen-bond acceptors (Lipinski definition) is 1. The van der Waals surface area contributed by atoms with Gasteiger partial charge >= 0.3 is 0 Å². The van der Waals surface area contributed by atoms with Crippen molar-refractivity contribution in [3.63, 3.8) is 0 Å². The van der Waals surface area contributed by atoms with Crippen LogP contribution in [0.1, 0.15) is 94.6 Å². The fourth-order valence-electron chi connectivity index (χ4n) is 5.13. The summed E-state index contributed by atoms with van der Waals surface area (Å²) in [7, 11) is 0. The molecule has 138 valence electrons. The second-order valence-electron chi connectivity index (χ2n) is 8.70.